The SMILES string of the molecule is CCNC(=NCc1ccc(OC)cc1)NCCn1cc(C)cn1. The molecule has 1 aromatic heterocycles. The summed E-state index contributed by atoms with van der Waals surface area (Å²) in [5.74, 6) is 1.67. The highest BCUT2D eigenvalue weighted by molar-refractivity contribution is 5.79. The molecule has 1 heterocycles. The van der Waals surface area contributed by atoms with E-state index in [-0.39, 0.29) is 0 Å². The third-order valence-corrected chi connectivity index (χ3v) is 3.32. The molecule has 0 unspecified atom stereocenters. The maximum absolute atomic E-state index is 5.16. The van der Waals surface area contributed by atoms with Crippen molar-refractivity contribution in [1.82, 2.24) is 20.4 Å². The highest BCUT2D eigenvalue weighted by atomic mass is 16.5. The van der Waals surface area contributed by atoms with Crippen molar-refractivity contribution in [3.05, 3.63) is 47.8 Å². The van der Waals surface area contributed by atoms with Gasteiger partial charge in [-0.25, -0.2) is 4.99 Å². The molecule has 0 aliphatic heterocycles. The minimum atomic E-state index is 0.625. The minimum absolute atomic E-state index is 0.625. The fourth-order valence-corrected chi connectivity index (χ4v) is 2.12. The topological polar surface area (TPSA) is 63.5 Å². The minimum Gasteiger partial charge on any atom is -0.497 e. The summed E-state index contributed by atoms with van der Waals surface area (Å²) >= 11 is 0. The van der Waals surface area contributed by atoms with Crippen molar-refractivity contribution in [1.29, 1.82) is 0 Å². The van der Waals surface area contributed by atoms with Gasteiger partial charge in [-0.3, -0.25) is 4.68 Å². The molecule has 2 rings (SSSR count). The lowest BCUT2D eigenvalue weighted by atomic mass is 10.2. The molecule has 0 saturated carbocycles. The molecule has 0 bridgehead atoms. The fraction of sp³-hybridized carbons (Fsp3) is 0.412. The van der Waals surface area contributed by atoms with E-state index in [2.05, 4.69) is 27.6 Å². The first-order valence-corrected chi connectivity index (χ1v) is 7.85. The molecule has 0 amide bonds. The summed E-state index contributed by atoms with van der Waals surface area (Å²) in [5.41, 5.74) is 2.32. The maximum Gasteiger partial charge on any atom is 0.191 e. The Kier molecular flexibility index (Phi) is 6.47. The summed E-state index contributed by atoms with van der Waals surface area (Å²) in [7, 11) is 1.67. The van der Waals surface area contributed by atoms with E-state index >= 15 is 0 Å². The van der Waals surface area contributed by atoms with Crippen molar-refractivity contribution in [2.75, 3.05) is 20.2 Å². The van der Waals surface area contributed by atoms with Crippen LogP contribution in [0.5, 0.6) is 5.75 Å². The lowest BCUT2D eigenvalue weighted by molar-refractivity contribution is 0.414. The van der Waals surface area contributed by atoms with Crippen molar-refractivity contribution in [3.63, 3.8) is 0 Å². The van der Waals surface area contributed by atoms with Gasteiger partial charge in [-0.1, -0.05) is 12.1 Å². The van der Waals surface area contributed by atoms with E-state index in [0.29, 0.717) is 6.54 Å². The van der Waals surface area contributed by atoms with E-state index in [0.717, 1.165) is 36.9 Å². The number of aliphatic imine (C=N–C) groups is 1. The van der Waals surface area contributed by atoms with Gasteiger partial charge in [-0.05, 0) is 37.1 Å². The molecule has 0 saturated heterocycles. The van der Waals surface area contributed by atoms with Gasteiger partial charge in [0.2, 0.25) is 0 Å². The zero-order valence-electron chi connectivity index (χ0n) is 14.0. The second kappa shape index (κ2) is 8.82. The van der Waals surface area contributed by atoms with Crippen LogP contribution in [0.4, 0.5) is 0 Å². The zero-order valence-corrected chi connectivity index (χ0v) is 14.0. The van der Waals surface area contributed by atoms with Crippen LogP contribution in [0.2, 0.25) is 0 Å². The molecule has 0 spiro atoms. The van der Waals surface area contributed by atoms with E-state index in [9.17, 15) is 0 Å². The highest BCUT2D eigenvalue weighted by Crippen LogP contribution is 2.11. The molecule has 6 nitrogen and oxygen atoms in total. The lowest BCUT2D eigenvalue weighted by Gasteiger charge is -2.11. The number of nitrogens with zero attached hydrogens (tertiary/aromatic N) is 3. The van der Waals surface area contributed by atoms with Crippen molar-refractivity contribution >= 4 is 5.96 Å². The number of guanidine groups is 1. The average molecular weight is 315 g/mol. The average Bonchev–Trinajstić information content (AvgIpc) is 2.98. The summed E-state index contributed by atoms with van der Waals surface area (Å²) in [6.07, 6.45) is 3.89. The Balaban J connectivity index is 1.85. The summed E-state index contributed by atoms with van der Waals surface area (Å²) in [4.78, 5) is 4.60. The van der Waals surface area contributed by atoms with E-state index in [1.165, 1.54) is 5.56 Å². The Morgan fingerprint density at radius 2 is 2.04 bits per heavy atom. The van der Waals surface area contributed by atoms with Crippen molar-refractivity contribution in [2.45, 2.75) is 26.9 Å². The maximum atomic E-state index is 5.16. The van der Waals surface area contributed by atoms with Gasteiger partial charge >= 0.3 is 0 Å². The molecular weight excluding hydrogens is 290 g/mol. The Morgan fingerprint density at radius 1 is 1.26 bits per heavy atom. The van der Waals surface area contributed by atoms with Gasteiger partial charge < -0.3 is 15.4 Å². The third-order valence-electron chi connectivity index (χ3n) is 3.32. The molecule has 0 aliphatic rings. The van der Waals surface area contributed by atoms with Gasteiger partial charge in [-0.2, -0.15) is 5.10 Å². The molecule has 1 aromatic carbocycles. The van der Waals surface area contributed by atoms with Crippen LogP contribution >= 0.6 is 0 Å². The predicted octanol–water partition coefficient (Wildman–Crippen LogP) is 1.96. The van der Waals surface area contributed by atoms with Crippen LogP contribution in [0.3, 0.4) is 0 Å². The zero-order chi connectivity index (χ0) is 16.5. The molecule has 124 valence electrons. The summed E-state index contributed by atoms with van der Waals surface area (Å²) in [6, 6.07) is 7.95. The van der Waals surface area contributed by atoms with Gasteiger partial charge in [0, 0.05) is 19.3 Å². The number of benzene rings is 1. The van der Waals surface area contributed by atoms with E-state index in [1.807, 2.05) is 48.3 Å². The highest BCUT2D eigenvalue weighted by Gasteiger charge is 1.99. The molecule has 23 heavy (non-hydrogen) atoms. The number of methoxy groups -OCH3 is 1. The number of ether oxygens (including phenoxy) is 1. The second-order valence-corrected chi connectivity index (χ2v) is 5.25. The molecule has 0 aliphatic carbocycles. The quantitative estimate of drug-likeness (QED) is 0.605. The first-order valence-electron chi connectivity index (χ1n) is 7.85. The van der Waals surface area contributed by atoms with Gasteiger partial charge in [-0.15, -0.1) is 0 Å². The van der Waals surface area contributed by atoms with Gasteiger partial charge in [0.15, 0.2) is 5.96 Å². The van der Waals surface area contributed by atoms with Crippen LogP contribution in [-0.4, -0.2) is 35.9 Å². The molecule has 0 radical (unpaired) electrons. The first-order chi connectivity index (χ1) is 11.2. The Labute approximate surface area is 137 Å². The summed E-state index contributed by atoms with van der Waals surface area (Å²) in [5, 5.41) is 10.8. The van der Waals surface area contributed by atoms with Crippen molar-refractivity contribution in [3.8, 4) is 5.75 Å². The van der Waals surface area contributed by atoms with E-state index in [1.54, 1.807) is 7.11 Å². The smallest absolute Gasteiger partial charge is 0.191 e. The summed E-state index contributed by atoms with van der Waals surface area (Å²) < 4.78 is 7.09. The molecule has 2 N–H and O–H groups in total. The van der Waals surface area contributed by atoms with Crippen LogP contribution in [0.1, 0.15) is 18.1 Å². The third kappa shape index (κ3) is 5.65. The number of aromatic nitrogens is 2. The monoisotopic (exact) mass is 315 g/mol. The normalized spacial score (nSPS) is 11.3. The number of hydrogen-bond donors (Lipinski definition) is 2. The van der Waals surface area contributed by atoms with Crippen LogP contribution in [0.25, 0.3) is 0 Å². The first kappa shape index (κ1) is 16.9. The fourth-order valence-electron chi connectivity index (χ4n) is 2.12. The number of aryl methyl sites for hydroxylation is 1. The standard InChI is InChI=1S/C17H25N5O/c1-4-18-17(19-9-10-22-13-14(2)11-21-22)20-12-15-5-7-16(23-3)8-6-15/h5-8,11,13H,4,9-10,12H2,1-3H3,(H2,18,19,20). The van der Waals surface area contributed by atoms with Gasteiger partial charge in [0.25, 0.3) is 0 Å². The second-order valence-electron chi connectivity index (χ2n) is 5.25. The Bertz CT molecular complexity index is 618. The molecular formula is C17H25N5O. The van der Waals surface area contributed by atoms with E-state index < -0.39 is 0 Å². The van der Waals surface area contributed by atoms with Crippen LogP contribution in [0, 0.1) is 6.92 Å². The van der Waals surface area contributed by atoms with Gasteiger partial charge in [0.1, 0.15) is 5.75 Å². The molecule has 2 aromatic rings. The van der Waals surface area contributed by atoms with E-state index in [4.69, 9.17) is 4.74 Å². The number of nitrogens with one attached hydrogen (secondary N) is 2. The van der Waals surface area contributed by atoms with Gasteiger partial charge in [0.05, 0.1) is 26.4 Å². The number of hydrogen-bond acceptors (Lipinski definition) is 3. The predicted molar refractivity (Wildman–Crippen MR) is 92.8 cm³/mol. The van der Waals surface area contributed by atoms with Crippen molar-refractivity contribution < 1.29 is 4.74 Å². The van der Waals surface area contributed by atoms with Crippen molar-refractivity contribution in [2.24, 2.45) is 4.99 Å². The summed E-state index contributed by atoms with van der Waals surface area (Å²) in [6.45, 7) is 7.13. The molecule has 6 heteroatoms. The molecule has 0 atom stereocenters. The number of rotatable bonds is 7. The van der Waals surface area contributed by atoms with Crippen LogP contribution in [0.15, 0.2) is 41.7 Å². The largest absolute Gasteiger partial charge is 0.497 e. The van der Waals surface area contributed by atoms with Crippen LogP contribution in [-0.2, 0) is 13.1 Å². The Morgan fingerprint density at radius 3 is 2.65 bits per heavy atom. The Hall–Kier alpha value is -2.50. The molecule has 0 fully saturated rings. The lowest BCUT2D eigenvalue weighted by Crippen LogP contribution is -2.38. The van der Waals surface area contributed by atoms with Crippen LogP contribution < -0.4 is 15.4 Å².